The molecule has 1 unspecified atom stereocenters. The third-order valence-corrected chi connectivity index (χ3v) is 5.37. The van der Waals surface area contributed by atoms with E-state index in [0.29, 0.717) is 17.1 Å². The number of hydrogen-bond donors (Lipinski definition) is 1. The highest BCUT2D eigenvalue weighted by molar-refractivity contribution is 6.19. The van der Waals surface area contributed by atoms with Crippen molar-refractivity contribution in [1.82, 2.24) is 5.16 Å². The van der Waals surface area contributed by atoms with Crippen molar-refractivity contribution >= 4 is 17.5 Å². The van der Waals surface area contributed by atoms with Gasteiger partial charge in [0.25, 0.3) is 5.91 Å². The maximum absolute atomic E-state index is 13.3. The van der Waals surface area contributed by atoms with Gasteiger partial charge in [0.1, 0.15) is 11.5 Å². The van der Waals surface area contributed by atoms with Crippen LogP contribution in [-0.2, 0) is 10.2 Å². The first-order chi connectivity index (χ1) is 14.6. The first kappa shape index (κ1) is 20.7. The molecular weight excluding hydrogens is 396 g/mol. The lowest BCUT2D eigenvalue weighted by Crippen LogP contribution is -2.31. The average Bonchev–Trinajstić information content (AvgIpc) is 3.40. The number of ketones is 1. The van der Waals surface area contributed by atoms with Crippen LogP contribution in [0.2, 0.25) is 0 Å². The van der Waals surface area contributed by atoms with Crippen LogP contribution >= 0.6 is 0 Å². The highest BCUT2D eigenvalue weighted by Gasteiger charge is 2.46. The Hall–Kier alpha value is -3.61. The quantitative estimate of drug-likeness (QED) is 0.599. The fraction of sp³-hybridized carbons (Fsp3) is 0.292. The summed E-state index contributed by atoms with van der Waals surface area (Å²) in [6.07, 6.45) is 0. The Bertz CT molecular complexity index is 1190. The monoisotopic (exact) mass is 420 g/mol. The van der Waals surface area contributed by atoms with Crippen LogP contribution < -0.4 is 4.90 Å². The Labute approximate surface area is 180 Å². The third-order valence-electron chi connectivity index (χ3n) is 5.37. The van der Waals surface area contributed by atoms with Gasteiger partial charge in [0, 0.05) is 6.07 Å². The van der Waals surface area contributed by atoms with Crippen molar-refractivity contribution in [2.45, 2.75) is 46.1 Å². The van der Waals surface area contributed by atoms with E-state index in [2.05, 4.69) is 25.9 Å². The Kier molecular flexibility index (Phi) is 4.84. The molecule has 0 saturated carbocycles. The first-order valence-electron chi connectivity index (χ1n) is 9.99. The van der Waals surface area contributed by atoms with E-state index in [-0.39, 0.29) is 22.6 Å². The SMILES string of the molecule is Cc1cc(N2C(=O)C(O)=C(C(=O)c3ccc(C)o3)C2c2ccc(C(C)(C)C)cc2)no1. The van der Waals surface area contributed by atoms with Gasteiger partial charge < -0.3 is 14.0 Å². The van der Waals surface area contributed by atoms with Gasteiger partial charge in [-0.25, -0.2) is 0 Å². The van der Waals surface area contributed by atoms with E-state index in [1.54, 1.807) is 26.0 Å². The number of aryl methyl sites for hydroxylation is 2. The summed E-state index contributed by atoms with van der Waals surface area (Å²) in [7, 11) is 0. The predicted octanol–water partition coefficient (Wildman–Crippen LogP) is 4.96. The average molecular weight is 420 g/mol. The molecule has 0 fully saturated rings. The largest absolute Gasteiger partial charge is 0.503 e. The van der Waals surface area contributed by atoms with Crippen molar-refractivity contribution in [3.8, 4) is 0 Å². The van der Waals surface area contributed by atoms with E-state index in [1.165, 1.54) is 11.0 Å². The number of aromatic nitrogens is 1. The van der Waals surface area contributed by atoms with Gasteiger partial charge in [0.2, 0.25) is 5.78 Å². The molecule has 2 aromatic heterocycles. The van der Waals surface area contributed by atoms with Gasteiger partial charge in [-0.3, -0.25) is 14.5 Å². The summed E-state index contributed by atoms with van der Waals surface area (Å²) >= 11 is 0. The van der Waals surface area contributed by atoms with Crippen LogP contribution in [0.25, 0.3) is 0 Å². The van der Waals surface area contributed by atoms with Crippen molar-refractivity contribution in [2.75, 3.05) is 4.90 Å². The smallest absolute Gasteiger partial charge is 0.295 e. The van der Waals surface area contributed by atoms with Gasteiger partial charge in [0.15, 0.2) is 17.3 Å². The molecule has 0 radical (unpaired) electrons. The molecule has 7 nitrogen and oxygen atoms in total. The van der Waals surface area contributed by atoms with Gasteiger partial charge in [-0.1, -0.05) is 50.2 Å². The zero-order chi connectivity index (χ0) is 22.5. The number of aliphatic hydroxyl groups is 1. The summed E-state index contributed by atoms with van der Waals surface area (Å²) in [5.41, 5.74) is 1.66. The van der Waals surface area contributed by atoms with Gasteiger partial charge >= 0.3 is 0 Å². The van der Waals surface area contributed by atoms with E-state index < -0.39 is 23.5 Å². The van der Waals surface area contributed by atoms with Gasteiger partial charge in [-0.15, -0.1) is 0 Å². The molecule has 0 saturated heterocycles. The molecule has 3 heterocycles. The Morgan fingerprint density at radius 1 is 1.06 bits per heavy atom. The van der Waals surface area contributed by atoms with Crippen LogP contribution in [0.15, 0.2) is 62.7 Å². The van der Waals surface area contributed by atoms with E-state index in [1.807, 2.05) is 24.3 Å². The molecule has 160 valence electrons. The molecule has 1 aromatic carbocycles. The van der Waals surface area contributed by atoms with E-state index in [0.717, 1.165) is 5.56 Å². The number of hydrogen-bond acceptors (Lipinski definition) is 6. The van der Waals surface area contributed by atoms with Crippen LogP contribution in [0.4, 0.5) is 5.82 Å². The van der Waals surface area contributed by atoms with Gasteiger partial charge in [-0.2, -0.15) is 0 Å². The number of carbonyl (C=O) groups is 2. The van der Waals surface area contributed by atoms with Crippen molar-refractivity contribution in [3.63, 3.8) is 0 Å². The van der Waals surface area contributed by atoms with Crippen molar-refractivity contribution < 1.29 is 23.6 Å². The number of carbonyl (C=O) groups excluding carboxylic acids is 2. The molecule has 31 heavy (non-hydrogen) atoms. The minimum absolute atomic E-state index is 0.0523. The molecule has 1 aliphatic rings. The zero-order valence-electron chi connectivity index (χ0n) is 18.1. The number of aliphatic hydroxyl groups excluding tert-OH is 1. The fourth-order valence-corrected chi connectivity index (χ4v) is 3.71. The van der Waals surface area contributed by atoms with Crippen LogP contribution in [0.1, 0.15) is 60.0 Å². The van der Waals surface area contributed by atoms with Crippen molar-refractivity contribution in [1.29, 1.82) is 0 Å². The van der Waals surface area contributed by atoms with Gasteiger partial charge in [0.05, 0.1) is 11.6 Å². The topological polar surface area (TPSA) is 96.8 Å². The minimum Gasteiger partial charge on any atom is -0.503 e. The first-order valence-corrected chi connectivity index (χ1v) is 9.99. The lowest BCUT2D eigenvalue weighted by molar-refractivity contribution is -0.117. The summed E-state index contributed by atoms with van der Waals surface area (Å²) in [5, 5.41) is 14.7. The summed E-state index contributed by atoms with van der Waals surface area (Å²) in [5.74, 6) is -0.548. The van der Waals surface area contributed by atoms with Gasteiger partial charge in [-0.05, 0) is 42.5 Å². The Morgan fingerprint density at radius 3 is 2.26 bits per heavy atom. The molecule has 0 bridgehead atoms. The van der Waals surface area contributed by atoms with Crippen LogP contribution in [0.5, 0.6) is 0 Å². The number of furan rings is 1. The van der Waals surface area contributed by atoms with Crippen LogP contribution in [0.3, 0.4) is 0 Å². The maximum atomic E-state index is 13.3. The predicted molar refractivity (Wildman–Crippen MR) is 114 cm³/mol. The standard InChI is InChI=1S/C24H24N2O5/c1-13-6-11-17(30-13)21(27)19-20(15-7-9-16(10-8-15)24(3,4)5)26(23(29)22(19)28)18-12-14(2)31-25-18/h6-12,20,28H,1-5H3. The second kappa shape index (κ2) is 7.27. The van der Waals surface area contributed by atoms with E-state index in [9.17, 15) is 14.7 Å². The number of benzene rings is 1. The minimum atomic E-state index is -0.871. The van der Waals surface area contributed by atoms with Crippen molar-refractivity contribution in [2.24, 2.45) is 0 Å². The second-order valence-electron chi connectivity index (χ2n) is 8.75. The lowest BCUT2D eigenvalue weighted by Gasteiger charge is -2.25. The Balaban J connectivity index is 1.85. The molecular formula is C24H24N2O5. The maximum Gasteiger partial charge on any atom is 0.295 e. The summed E-state index contributed by atoms with van der Waals surface area (Å²) in [6.45, 7) is 9.73. The molecule has 0 aliphatic carbocycles. The molecule has 7 heteroatoms. The summed E-state index contributed by atoms with van der Waals surface area (Å²) < 4.78 is 10.6. The molecule has 1 aliphatic heterocycles. The zero-order valence-corrected chi connectivity index (χ0v) is 18.1. The molecule has 1 atom stereocenters. The van der Waals surface area contributed by atoms with E-state index >= 15 is 0 Å². The molecule has 4 rings (SSSR count). The fourth-order valence-electron chi connectivity index (χ4n) is 3.71. The number of Topliss-reactive ketones (excluding diaryl/α,β-unsaturated/α-hetero) is 1. The number of amides is 1. The number of anilines is 1. The van der Waals surface area contributed by atoms with Crippen molar-refractivity contribution in [3.05, 3.63) is 82.2 Å². The van der Waals surface area contributed by atoms with Crippen LogP contribution in [-0.4, -0.2) is 22.0 Å². The van der Waals surface area contributed by atoms with Crippen LogP contribution in [0, 0.1) is 13.8 Å². The number of rotatable bonds is 4. The summed E-state index contributed by atoms with van der Waals surface area (Å²) in [4.78, 5) is 27.6. The normalized spacial score (nSPS) is 17.0. The Morgan fingerprint density at radius 2 is 1.74 bits per heavy atom. The highest BCUT2D eigenvalue weighted by Crippen LogP contribution is 2.42. The lowest BCUT2D eigenvalue weighted by atomic mass is 9.85. The molecule has 1 amide bonds. The third kappa shape index (κ3) is 3.56. The van der Waals surface area contributed by atoms with E-state index in [4.69, 9.17) is 8.94 Å². The highest BCUT2D eigenvalue weighted by atomic mass is 16.5. The summed E-state index contributed by atoms with van der Waals surface area (Å²) in [6, 6.07) is 11.5. The number of nitrogens with zero attached hydrogens (tertiary/aromatic N) is 2. The molecule has 3 aromatic rings. The second-order valence-corrected chi connectivity index (χ2v) is 8.75. The molecule has 1 N–H and O–H groups in total. The molecule has 0 spiro atoms.